The monoisotopic (exact) mass is 462 g/mol. The molecule has 0 unspecified atom stereocenters. The third-order valence-corrected chi connectivity index (χ3v) is 4.61. The van der Waals surface area contributed by atoms with Crippen molar-refractivity contribution in [1.29, 1.82) is 0 Å². The van der Waals surface area contributed by atoms with Gasteiger partial charge in [-0.05, 0) is 69.2 Å². The molecule has 0 bridgehead atoms. The predicted molar refractivity (Wildman–Crippen MR) is 119 cm³/mol. The van der Waals surface area contributed by atoms with E-state index in [2.05, 4.69) is 5.32 Å². The molecule has 0 aliphatic rings. The number of ether oxygens (including phenoxy) is 3. The molecule has 1 atom stereocenters. The first-order valence-electron chi connectivity index (χ1n) is 9.99. The number of halogens is 1. The van der Waals surface area contributed by atoms with Crippen molar-refractivity contribution in [3.05, 3.63) is 64.7 Å². The van der Waals surface area contributed by atoms with Crippen LogP contribution in [0.3, 0.4) is 0 Å². The lowest BCUT2D eigenvalue weighted by Crippen LogP contribution is -2.40. The molecule has 0 saturated carbocycles. The maximum Gasteiger partial charge on any atom is 0.352 e. The minimum atomic E-state index is -1.30. The second kappa shape index (κ2) is 11.5. The largest absolute Gasteiger partial charge is 0.476 e. The van der Waals surface area contributed by atoms with Gasteiger partial charge in [-0.3, -0.25) is 9.59 Å². The van der Waals surface area contributed by atoms with E-state index >= 15 is 0 Å². The van der Waals surface area contributed by atoms with Crippen molar-refractivity contribution in [1.82, 2.24) is 5.32 Å². The van der Waals surface area contributed by atoms with Crippen molar-refractivity contribution in [2.75, 3.05) is 13.3 Å². The molecule has 172 valence electrons. The fraction of sp³-hybridized carbons (Fsp3) is 0.348. The van der Waals surface area contributed by atoms with Crippen LogP contribution in [0.5, 0.6) is 5.75 Å². The number of hydrogen-bond donors (Lipinski definition) is 2. The fourth-order valence-electron chi connectivity index (χ4n) is 2.53. The molecule has 1 amide bonds. The fourth-order valence-corrected chi connectivity index (χ4v) is 2.66. The molecule has 0 heterocycles. The summed E-state index contributed by atoms with van der Waals surface area (Å²) in [7, 11) is 0. The van der Waals surface area contributed by atoms with E-state index in [9.17, 15) is 14.4 Å². The Hall–Kier alpha value is -3.10. The molecule has 0 saturated heterocycles. The lowest BCUT2D eigenvalue weighted by atomic mass is 10.1. The normalized spacial score (nSPS) is 11.9. The first kappa shape index (κ1) is 25.2. The van der Waals surface area contributed by atoms with Gasteiger partial charge in [-0.15, -0.1) is 0 Å². The van der Waals surface area contributed by atoms with E-state index in [-0.39, 0.29) is 5.91 Å². The highest BCUT2D eigenvalue weighted by atomic mass is 35.5. The summed E-state index contributed by atoms with van der Waals surface area (Å²) in [6.45, 7) is 4.48. The van der Waals surface area contributed by atoms with Crippen molar-refractivity contribution < 1.29 is 28.6 Å². The summed E-state index contributed by atoms with van der Waals surface area (Å²) < 4.78 is 15.4. The maximum atomic E-state index is 12.2. The summed E-state index contributed by atoms with van der Waals surface area (Å²) in [6, 6.07) is 13.0. The van der Waals surface area contributed by atoms with Crippen LogP contribution in [0.25, 0.3) is 0 Å². The van der Waals surface area contributed by atoms with E-state index in [1.165, 1.54) is 6.92 Å². The standard InChI is InChI=1S/C23H27ClN2O6/c1-15(25)21(28)30-14-31-22(29)23(2,3)32-19-10-4-16(5-11-19)12-13-26-20(27)17-6-8-18(24)9-7-17/h4-11,15H,12-14,25H2,1-3H3,(H,26,27)/t15-/m0/s1. The van der Waals surface area contributed by atoms with Crippen LogP contribution in [0.4, 0.5) is 0 Å². The van der Waals surface area contributed by atoms with Gasteiger partial charge in [-0.2, -0.15) is 0 Å². The number of nitrogens with one attached hydrogen (secondary N) is 1. The van der Waals surface area contributed by atoms with Gasteiger partial charge >= 0.3 is 11.9 Å². The zero-order valence-electron chi connectivity index (χ0n) is 18.2. The number of hydrogen-bond acceptors (Lipinski definition) is 7. The van der Waals surface area contributed by atoms with E-state index in [0.29, 0.717) is 29.3 Å². The molecule has 0 aliphatic carbocycles. The van der Waals surface area contributed by atoms with Crippen LogP contribution in [0.2, 0.25) is 5.02 Å². The van der Waals surface area contributed by atoms with Gasteiger partial charge in [0.05, 0.1) is 0 Å². The van der Waals surface area contributed by atoms with Crippen molar-refractivity contribution in [3.8, 4) is 5.75 Å². The van der Waals surface area contributed by atoms with Gasteiger partial charge in [0.1, 0.15) is 11.8 Å². The van der Waals surface area contributed by atoms with Crippen LogP contribution in [0.15, 0.2) is 48.5 Å². The van der Waals surface area contributed by atoms with Crippen molar-refractivity contribution in [2.24, 2.45) is 5.73 Å². The summed E-state index contributed by atoms with van der Waals surface area (Å²) in [5.74, 6) is -1.07. The number of nitrogens with two attached hydrogens (primary N) is 1. The third kappa shape index (κ3) is 7.86. The van der Waals surface area contributed by atoms with Crippen LogP contribution in [-0.4, -0.2) is 42.8 Å². The van der Waals surface area contributed by atoms with E-state index < -0.39 is 30.4 Å². The molecule has 0 aliphatic heterocycles. The quantitative estimate of drug-likeness (QED) is 0.411. The van der Waals surface area contributed by atoms with Crippen molar-refractivity contribution >= 4 is 29.4 Å². The van der Waals surface area contributed by atoms with Gasteiger partial charge in [-0.1, -0.05) is 23.7 Å². The Morgan fingerprint density at radius 1 is 1.03 bits per heavy atom. The lowest BCUT2D eigenvalue weighted by molar-refractivity contribution is -0.177. The number of carbonyl (C=O) groups excluding carboxylic acids is 3. The molecule has 0 spiro atoms. The van der Waals surface area contributed by atoms with E-state index in [1.54, 1.807) is 50.2 Å². The molecule has 8 nitrogen and oxygen atoms in total. The average Bonchev–Trinajstić information content (AvgIpc) is 2.74. The van der Waals surface area contributed by atoms with Gasteiger partial charge in [0, 0.05) is 17.1 Å². The van der Waals surface area contributed by atoms with Crippen LogP contribution >= 0.6 is 11.6 Å². The van der Waals surface area contributed by atoms with Gasteiger partial charge in [0.25, 0.3) is 5.91 Å². The maximum absolute atomic E-state index is 12.2. The van der Waals surface area contributed by atoms with Crippen LogP contribution in [-0.2, 0) is 25.5 Å². The highest BCUT2D eigenvalue weighted by Gasteiger charge is 2.32. The minimum absolute atomic E-state index is 0.173. The highest BCUT2D eigenvalue weighted by molar-refractivity contribution is 6.30. The Kier molecular flexibility index (Phi) is 9.04. The van der Waals surface area contributed by atoms with E-state index in [4.69, 9.17) is 31.5 Å². The Morgan fingerprint density at radius 3 is 2.25 bits per heavy atom. The minimum Gasteiger partial charge on any atom is -0.476 e. The molecule has 2 rings (SSSR count). The Bertz CT molecular complexity index is 927. The smallest absolute Gasteiger partial charge is 0.352 e. The Morgan fingerprint density at radius 2 is 1.66 bits per heavy atom. The summed E-state index contributed by atoms with van der Waals surface area (Å²) in [6.07, 6.45) is 0.621. The van der Waals surface area contributed by atoms with E-state index in [1.807, 2.05) is 12.1 Å². The van der Waals surface area contributed by atoms with Gasteiger partial charge in [0.15, 0.2) is 5.60 Å². The number of benzene rings is 2. The number of amides is 1. The number of rotatable bonds is 10. The van der Waals surface area contributed by atoms with Crippen molar-refractivity contribution in [3.63, 3.8) is 0 Å². The molecule has 3 N–H and O–H groups in total. The summed E-state index contributed by atoms with van der Waals surface area (Å²) in [5, 5.41) is 3.42. The SMILES string of the molecule is C[C@H](N)C(=O)OCOC(=O)C(C)(C)Oc1ccc(CCNC(=O)c2ccc(Cl)cc2)cc1. The molecule has 0 fully saturated rings. The first-order valence-corrected chi connectivity index (χ1v) is 10.4. The van der Waals surface area contributed by atoms with Crippen molar-refractivity contribution in [2.45, 2.75) is 38.8 Å². The summed E-state index contributed by atoms with van der Waals surface area (Å²) in [4.78, 5) is 35.6. The molecule has 0 radical (unpaired) electrons. The molecular formula is C23H27ClN2O6. The Labute approximate surface area is 192 Å². The van der Waals surface area contributed by atoms with Gasteiger partial charge in [0.2, 0.25) is 6.79 Å². The molecule has 2 aromatic rings. The van der Waals surface area contributed by atoms with Gasteiger partial charge < -0.3 is 25.3 Å². The Balaban J connectivity index is 1.79. The van der Waals surface area contributed by atoms with E-state index in [0.717, 1.165) is 5.56 Å². The predicted octanol–water partition coefficient (Wildman–Crippen LogP) is 2.86. The summed E-state index contributed by atoms with van der Waals surface area (Å²) in [5.41, 5.74) is 5.59. The molecular weight excluding hydrogens is 436 g/mol. The second-order valence-corrected chi connectivity index (χ2v) is 8.01. The molecule has 0 aromatic heterocycles. The topological polar surface area (TPSA) is 117 Å². The van der Waals surface area contributed by atoms with Crippen LogP contribution < -0.4 is 15.8 Å². The first-order chi connectivity index (χ1) is 15.1. The zero-order chi connectivity index (χ0) is 23.7. The average molecular weight is 463 g/mol. The zero-order valence-corrected chi connectivity index (χ0v) is 19.0. The highest BCUT2D eigenvalue weighted by Crippen LogP contribution is 2.20. The second-order valence-electron chi connectivity index (χ2n) is 7.57. The van der Waals surface area contributed by atoms with Crippen LogP contribution in [0, 0.1) is 0 Å². The number of carbonyl (C=O) groups is 3. The molecule has 9 heteroatoms. The summed E-state index contributed by atoms with van der Waals surface area (Å²) >= 11 is 5.83. The number of esters is 2. The lowest BCUT2D eigenvalue weighted by Gasteiger charge is -2.24. The third-order valence-electron chi connectivity index (χ3n) is 4.36. The molecule has 32 heavy (non-hydrogen) atoms. The van der Waals surface area contributed by atoms with Crippen LogP contribution in [0.1, 0.15) is 36.7 Å². The van der Waals surface area contributed by atoms with Gasteiger partial charge in [-0.25, -0.2) is 4.79 Å². The molecule has 2 aromatic carbocycles.